The number of carbonyl (C=O) groups excluding carboxylic acids is 1. The molecule has 2 N–H and O–H groups in total. The molecule has 3 aromatic rings. The van der Waals surface area contributed by atoms with Gasteiger partial charge in [-0.1, -0.05) is 24.3 Å². The summed E-state index contributed by atoms with van der Waals surface area (Å²) >= 11 is 0. The zero-order valence-electron chi connectivity index (χ0n) is 14.0. The van der Waals surface area contributed by atoms with E-state index >= 15 is 0 Å². The lowest BCUT2D eigenvalue weighted by Crippen LogP contribution is -2.13. The molecule has 126 valence electrons. The van der Waals surface area contributed by atoms with Gasteiger partial charge in [-0.2, -0.15) is 0 Å². The van der Waals surface area contributed by atoms with Crippen molar-refractivity contribution in [2.75, 3.05) is 10.6 Å². The van der Waals surface area contributed by atoms with Crippen molar-refractivity contribution in [3.05, 3.63) is 83.4 Å². The highest BCUT2D eigenvalue weighted by Crippen LogP contribution is 2.21. The number of hydrogen-bond acceptors (Lipinski definition) is 3. The third kappa shape index (κ3) is 4.01. The molecule has 0 fully saturated rings. The Hall–Kier alpha value is -3.21. The number of pyridine rings is 1. The number of hydrogen-bond donors (Lipinski definition) is 2. The molecule has 0 aliphatic carbocycles. The van der Waals surface area contributed by atoms with Crippen LogP contribution in [0, 0.1) is 19.7 Å². The van der Waals surface area contributed by atoms with Gasteiger partial charge < -0.3 is 10.6 Å². The van der Waals surface area contributed by atoms with E-state index < -0.39 is 0 Å². The van der Waals surface area contributed by atoms with E-state index in [1.807, 2.05) is 32.0 Å². The number of halogens is 1. The van der Waals surface area contributed by atoms with Gasteiger partial charge in [0.05, 0.1) is 23.1 Å². The number of nitrogens with one attached hydrogen (secondary N) is 2. The average Bonchev–Trinajstić information content (AvgIpc) is 2.60. The van der Waals surface area contributed by atoms with Gasteiger partial charge in [0, 0.05) is 11.9 Å². The van der Waals surface area contributed by atoms with Gasteiger partial charge in [0.2, 0.25) is 0 Å². The maximum Gasteiger partial charge on any atom is 0.257 e. The Bertz CT molecular complexity index is 924. The number of carbonyl (C=O) groups is 1. The van der Waals surface area contributed by atoms with Crippen molar-refractivity contribution in [1.82, 2.24) is 4.98 Å². The normalized spacial score (nSPS) is 10.4. The van der Waals surface area contributed by atoms with E-state index in [-0.39, 0.29) is 11.7 Å². The first-order chi connectivity index (χ1) is 12.0. The number of anilines is 3. The van der Waals surface area contributed by atoms with Crippen LogP contribution in [-0.2, 0) is 0 Å². The monoisotopic (exact) mass is 335 g/mol. The maximum atomic E-state index is 13.7. The lowest BCUT2D eigenvalue weighted by atomic mass is 10.1. The average molecular weight is 335 g/mol. The first kappa shape index (κ1) is 16.6. The molecule has 1 amide bonds. The summed E-state index contributed by atoms with van der Waals surface area (Å²) in [4.78, 5) is 16.6. The van der Waals surface area contributed by atoms with Crippen LogP contribution in [0.25, 0.3) is 0 Å². The molecule has 0 atom stereocenters. The predicted molar refractivity (Wildman–Crippen MR) is 97.8 cm³/mol. The van der Waals surface area contributed by atoms with Crippen molar-refractivity contribution in [3.8, 4) is 0 Å². The molecule has 1 heterocycles. The molecule has 0 aliphatic rings. The highest BCUT2D eigenvalue weighted by molar-refractivity contribution is 6.05. The summed E-state index contributed by atoms with van der Waals surface area (Å²) in [6.45, 7) is 3.90. The molecule has 0 spiro atoms. The van der Waals surface area contributed by atoms with Crippen molar-refractivity contribution in [2.45, 2.75) is 13.8 Å². The molecule has 1 aromatic heterocycles. The van der Waals surface area contributed by atoms with E-state index in [0.29, 0.717) is 16.9 Å². The molecule has 0 aliphatic heterocycles. The molecule has 2 aromatic carbocycles. The van der Waals surface area contributed by atoms with Crippen molar-refractivity contribution in [3.63, 3.8) is 0 Å². The van der Waals surface area contributed by atoms with Gasteiger partial charge >= 0.3 is 0 Å². The summed E-state index contributed by atoms with van der Waals surface area (Å²) in [5, 5.41) is 5.82. The second kappa shape index (κ2) is 7.13. The highest BCUT2D eigenvalue weighted by atomic mass is 19.1. The zero-order chi connectivity index (χ0) is 17.8. The minimum atomic E-state index is -0.368. The van der Waals surface area contributed by atoms with Crippen molar-refractivity contribution < 1.29 is 9.18 Å². The first-order valence-electron chi connectivity index (χ1n) is 7.88. The number of para-hydroxylation sites is 1. The Morgan fingerprint density at radius 3 is 2.60 bits per heavy atom. The molecule has 4 nitrogen and oxygen atoms in total. The number of aromatic nitrogens is 1. The van der Waals surface area contributed by atoms with Gasteiger partial charge in [-0.15, -0.1) is 0 Å². The second-order valence-electron chi connectivity index (χ2n) is 5.84. The van der Waals surface area contributed by atoms with E-state index in [9.17, 15) is 9.18 Å². The van der Waals surface area contributed by atoms with Crippen LogP contribution in [-0.4, -0.2) is 10.9 Å². The summed E-state index contributed by atoms with van der Waals surface area (Å²) in [5.41, 5.74) is 4.07. The van der Waals surface area contributed by atoms with Crippen LogP contribution in [0.2, 0.25) is 0 Å². The lowest BCUT2D eigenvalue weighted by molar-refractivity contribution is 0.102. The molecule has 0 unspecified atom stereocenters. The molecular weight excluding hydrogens is 317 g/mol. The fourth-order valence-corrected chi connectivity index (χ4v) is 2.42. The highest BCUT2D eigenvalue weighted by Gasteiger charge is 2.10. The van der Waals surface area contributed by atoms with Crippen LogP contribution < -0.4 is 10.6 Å². The minimum Gasteiger partial charge on any atom is -0.352 e. The van der Waals surface area contributed by atoms with Crippen LogP contribution >= 0.6 is 0 Å². The number of aryl methyl sites for hydroxylation is 2. The summed E-state index contributed by atoms with van der Waals surface area (Å²) in [7, 11) is 0. The van der Waals surface area contributed by atoms with E-state index in [1.165, 1.54) is 12.3 Å². The summed E-state index contributed by atoms with van der Waals surface area (Å²) in [6.07, 6.45) is 3.02. The number of rotatable bonds is 4. The number of benzene rings is 2. The number of amides is 1. The van der Waals surface area contributed by atoms with E-state index in [4.69, 9.17) is 0 Å². The van der Waals surface area contributed by atoms with Crippen molar-refractivity contribution in [1.29, 1.82) is 0 Å². The molecule has 0 saturated heterocycles. The second-order valence-corrected chi connectivity index (χ2v) is 5.84. The maximum absolute atomic E-state index is 13.7. The zero-order valence-corrected chi connectivity index (χ0v) is 14.0. The molecule has 25 heavy (non-hydrogen) atoms. The van der Waals surface area contributed by atoms with Gasteiger partial charge in [0.1, 0.15) is 5.82 Å². The first-order valence-corrected chi connectivity index (χ1v) is 7.88. The fourth-order valence-electron chi connectivity index (χ4n) is 2.42. The van der Waals surface area contributed by atoms with Gasteiger partial charge in [0.25, 0.3) is 5.91 Å². The van der Waals surface area contributed by atoms with Crippen LogP contribution in [0.3, 0.4) is 0 Å². The predicted octanol–water partition coefficient (Wildman–Crippen LogP) is 4.83. The Kier molecular flexibility index (Phi) is 4.75. The van der Waals surface area contributed by atoms with Crippen LogP contribution in [0.1, 0.15) is 21.5 Å². The van der Waals surface area contributed by atoms with Crippen LogP contribution in [0.15, 0.2) is 60.9 Å². The van der Waals surface area contributed by atoms with Gasteiger partial charge in [-0.3, -0.25) is 9.78 Å². The quantitative estimate of drug-likeness (QED) is 0.718. The van der Waals surface area contributed by atoms with E-state index in [1.54, 1.807) is 30.5 Å². The minimum absolute atomic E-state index is 0.265. The SMILES string of the molecule is Cc1ccc(C)c(NC(=O)c2cncc(Nc3ccccc3F)c2)c1. The Morgan fingerprint density at radius 1 is 1.00 bits per heavy atom. The topological polar surface area (TPSA) is 54.0 Å². The van der Waals surface area contributed by atoms with Gasteiger partial charge in [0.15, 0.2) is 0 Å². The third-order valence-corrected chi connectivity index (χ3v) is 3.79. The fraction of sp³-hybridized carbons (Fsp3) is 0.100. The molecule has 0 bridgehead atoms. The Morgan fingerprint density at radius 2 is 1.80 bits per heavy atom. The lowest BCUT2D eigenvalue weighted by Gasteiger charge is -2.11. The molecule has 5 heteroatoms. The molecule has 0 radical (unpaired) electrons. The van der Waals surface area contributed by atoms with E-state index in [2.05, 4.69) is 15.6 Å². The summed E-state index contributed by atoms with van der Waals surface area (Å²) in [5.74, 6) is -0.633. The van der Waals surface area contributed by atoms with Crippen LogP contribution in [0.5, 0.6) is 0 Å². The van der Waals surface area contributed by atoms with Gasteiger partial charge in [-0.05, 0) is 49.2 Å². The van der Waals surface area contributed by atoms with Crippen LogP contribution in [0.4, 0.5) is 21.5 Å². The van der Waals surface area contributed by atoms with E-state index in [0.717, 1.165) is 16.8 Å². The standard InChI is InChI=1S/C20H18FN3O/c1-13-7-8-14(2)19(9-13)24-20(25)15-10-16(12-22-11-15)23-18-6-4-3-5-17(18)21/h3-12,23H,1-2H3,(H,24,25). The summed E-state index contributed by atoms with van der Waals surface area (Å²) in [6, 6.07) is 13.8. The largest absolute Gasteiger partial charge is 0.352 e. The Balaban J connectivity index is 1.80. The van der Waals surface area contributed by atoms with Crippen molar-refractivity contribution >= 4 is 23.0 Å². The molecular formula is C20H18FN3O. The summed E-state index contributed by atoms with van der Waals surface area (Å²) < 4.78 is 13.7. The van der Waals surface area contributed by atoms with Gasteiger partial charge in [-0.25, -0.2) is 4.39 Å². The third-order valence-electron chi connectivity index (χ3n) is 3.79. The number of nitrogens with zero attached hydrogens (tertiary/aromatic N) is 1. The molecule has 0 saturated carbocycles. The molecule has 3 rings (SSSR count). The Labute approximate surface area is 145 Å². The van der Waals surface area contributed by atoms with Crippen molar-refractivity contribution in [2.24, 2.45) is 0 Å². The smallest absolute Gasteiger partial charge is 0.257 e.